The summed E-state index contributed by atoms with van der Waals surface area (Å²) in [6, 6.07) is 24.1. The minimum absolute atomic E-state index is 1.21. The van der Waals surface area contributed by atoms with Crippen molar-refractivity contribution in [2.75, 3.05) is 0 Å². The third-order valence-electron chi connectivity index (χ3n) is 9.81. The van der Waals surface area contributed by atoms with Crippen LogP contribution in [0.4, 0.5) is 0 Å². The maximum atomic E-state index is 2.46. The molecule has 0 spiro atoms. The minimum atomic E-state index is 1.21. The molecule has 0 nitrogen and oxygen atoms in total. The van der Waals surface area contributed by atoms with Crippen molar-refractivity contribution in [3.8, 4) is 0 Å². The third-order valence-corrected chi connectivity index (χ3v) is 12.5. The van der Waals surface area contributed by atoms with Gasteiger partial charge in [-0.15, -0.1) is 22.7 Å². The van der Waals surface area contributed by atoms with Gasteiger partial charge in [-0.3, -0.25) is 0 Å². The number of rotatable bonds is 18. The summed E-state index contributed by atoms with van der Waals surface area (Å²) in [4.78, 5) is 0. The molecule has 0 amide bonds. The molecule has 0 aliphatic heterocycles. The van der Waals surface area contributed by atoms with Gasteiger partial charge in [0.15, 0.2) is 0 Å². The molecule has 2 heterocycles. The summed E-state index contributed by atoms with van der Waals surface area (Å²) in [6.45, 7) is 4.60. The lowest BCUT2D eigenvalue weighted by atomic mass is 10.0. The van der Waals surface area contributed by atoms with Gasteiger partial charge in [-0.2, -0.15) is 0 Å². The summed E-state index contributed by atoms with van der Waals surface area (Å²) < 4.78 is 5.87. The molecule has 0 saturated carbocycles. The van der Waals surface area contributed by atoms with E-state index in [4.69, 9.17) is 0 Å². The molecule has 0 saturated heterocycles. The van der Waals surface area contributed by atoms with Crippen LogP contribution in [0.2, 0.25) is 0 Å². The van der Waals surface area contributed by atoms with Gasteiger partial charge in [-0.1, -0.05) is 164 Å². The molecule has 6 aromatic rings. The Morgan fingerprint density at radius 3 is 1.14 bits per heavy atom. The van der Waals surface area contributed by atoms with Gasteiger partial charge >= 0.3 is 0 Å². The first-order chi connectivity index (χ1) is 21.8. The van der Waals surface area contributed by atoms with Crippen LogP contribution in [0, 0.1) is 0 Å². The lowest BCUT2D eigenvalue weighted by Gasteiger charge is -2.06. The number of unbranched alkanes of at least 4 members (excludes halogenated alkanes) is 14. The van der Waals surface area contributed by atoms with Crippen molar-refractivity contribution in [1.82, 2.24) is 0 Å². The van der Waals surface area contributed by atoms with Crippen LogP contribution in [-0.4, -0.2) is 0 Å². The fourth-order valence-electron chi connectivity index (χ4n) is 7.17. The van der Waals surface area contributed by atoms with Gasteiger partial charge in [-0.05, 0) is 58.4 Å². The zero-order chi connectivity index (χ0) is 30.1. The van der Waals surface area contributed by atoms with Crippen LogP contribution in [0.5, 0.6) is 0 Å². The maximum absolute atomic E-state index is 2.46. The molecule has 0 aliphatic carbocycles. The average Bonchev–Trinajstić information content (AvgIpc) is 3.60. The molecule has 0 N–H and O–H groups in total. The summed E-state index contributed by atoms with van der Waals surface area (Å²) in [7, 11) is 0. The van der Waals surface area contributed by atoms with Gasteiger partial charge in [0.05, 0.1) is 9.40 Å². The van der Waals surface area contributed by atoms with E-state index in [1.807, 2.05) is 22.7 Å². The molecule has 0 fully saturated rings. The monoisotopic (exact) mass is 620 g/mol. The number of thiophene rings is 2. The van der Waals surface area contributed by atoms with Crippen LogP contribution in [-0.2, 0) is 12.8 Å². The van der Waals surface area contributed by atoms with Gasteiger partial charge in [0, 0.05) is 20.2 Å². The molecule has 0 atom stereocenters. The molecule has 0 bridgehead atoms. The smallest absolute Gasteiger partial charge is 0.0542 e. The number of hydrogen-bond acceptors (Lipinski definition) is 2. The number of aryl methyl sites for hydroxylation is 2. The van der Waals surface area contributed by atoms with E-state index in [1.165, 1.54) is 178 Å². The van der Waals surface area contributed by atoms with Crippen molar-refractivity contribution in [3.05, 3.63) is 71.8 Å². The summed E-state index contributed by atoms with van der Waals surface area (Å²) in [5.41, 5.74) is 3.00. The molecular weight excluding hydrogens is 569 g/mol. The highest BCUT2D eigenvalue weighted by atomic mass is 32.1. The van der Waals surface area contributed by atoms with Crippen LogP contribution in [0.25, 0.3) is 51.1 Å². The highest BCUT2D eigenvalue weighted by Crippen LogP contribution is 2.48. The van der Waals surface area contributed by atoms with E-state index in [1.54, 1.807) is 0 Å². The van der Waals surface area contributed by atoms with Crippen molar-refractivity contribution in [3.63, 3.8) is 0 Å². The van der Waals surface area contributed by atoms with Crippen LogP contribution in [0.1, 0.15) is 128 Å². The first-order valence-electron chi connectivity index (χ1n) is 18.0. The van der Waals surface area contributed by atoms with Gasteiger partial charge in [0.25, 0.3) is 0 Å². The van der Waals surface area contributed by atoms with Crippen molar-refractivity contribution in [2.45, 2.75) is 129 Å². The Morgan fingerprint density at radius 1 is 0.364 bits per heavy atom. The van der Waals surface area contributed by atoms with Crippen molar-refractivity contribution >= 4 is 73.8 Å². The van der Waals surface area contributed by atoms with E-state index >= 15 is 0 Å². The predicted molar refractivity (Wildman–Crippen MR) is 202 cm³/mol. The zero-order valence-electron chi connectivity index (χ0n) is 27.3. The van der Waals surface area contributed by atoms with Crippen LogP contribution in [0.15, 0.2) is 60.7 Å². The Labute approximate surface area is 273 Å². The van der Waals surface area contributed by atoms with Crippen molar-refractivity contribution in [1.29, 1.82) is 0 Å². The van der Waals surface area contributed by atoms with Gasteiger partial charge < -0.3 is 0 Å². The van der Waals surface area contributed by atoms with E-state index in [2.05, 4.69) is 74.5 Å². The lowest BCUT2D eigenvalue weighted by Crippen LogP contribution is -1.87. The first kappa shape index (κ1) is 31.6. The Morgan fingerprint density at radius 2 is 0.727 bits per heavy atom. The second kappa shape index (κ2) is 15.7. The largest absolute Gasteiger partial charge is 0.133 e. The normalized spacial score (nSPS) is 12.1. The van der Waals surface area contributed by atoms with E-state index in [0.717, 1.165) is 0 Å². The molecule has 0 unspecified atom stereocenters. The van der Waals surface area contributed by atoms with Crippen LogP contribution in [0.3, 0.4) is 0 Å². The molecule has 2 heteroatoms. The fourth-order valence-corrected chi connectivity index (χ4v) is 10.1. The lowest BCUT2D eigenvalue weighted by molar-refractivity contribution is 0.575. The van der Waals surface area contributed by atoms with Crippen molar-refractivity contribution < 1.29 is 0 Å². The molecule has 44 heavy (non-hydrogen) atoms. The van der Waals surface area contributed by atoms with Gasteiger partial charge in [0.2, 0.25) is 0 Å². The molecule has 0 aliphatic rings. The summed E-state index contributed by atoms with van der Waals surface area (Å²) in [6.07, 6.45) is 24.6. The molecule has 232 valence electrons. The minimum Gasteiger partial charge on any atom is -0.133 e. The zero-order valence-corrected chi connectivity index (χ0v) is 29.0. The Kier molecular flexibility index (Phi) is 11.3. The second-order valence-corrected chi connectivity index (χ2v) is 15.3. The molecule has 0 radical (unpaired) electrons. The van der Waals surface area contributed by atoms with E-state index < -0.39 is 0 Å². The Balaban J connectivity index is 1.13. The molecule has 6 rings (SSSR count). The van der Waals surface area contributed by atoms with Crippen molar-refractivity contribution in [2.24, 2.45) is 0 Å². The third kappa shape index (κ3) is 7.34. The van der Waals surface area contributed by atoms with Gasteiger partial charge in [0.1, 0.15) is 0 Å². The van der Waals surface area contributed by atoms with Gasteiger partial charge in [-0.25, -0.2) is 0 Å². The molecular formula is C42H52S2. The average molecular weight is 621 g/mol. The number of fused-ring (bicyclic) bond motifs is 9. The SMILES string of the molecule is CCCCCCCCCCc1ccc2c(ccc3c2sc2c4ccc5cc(CCCCCCCCCC)ccc5c4sc32)c1. The van der Waals surface area contributed by atoms with E-state index in [9.17, 15) is 0 Å². The summed E-state index contributed by atoms with van der Waals surface area (Å²) >= 11 is 4.02. The predicted octanol–water partition coefficient (Wildman–Crippen LogP) is 14.9. The number of benzene rings is 4. The quantitative estimate of drug-likeness (QED) is 0.0839. The number of hydrogen-bond donors (Lipinski definition) is 0. The Bertz CT molecular complexity index is 1670. The molecule has 2 aromatic heterocycles. The molecule has 4 aromatic carbocycles. The summed E-state index contributed by atoms with van der Waals surface area (Å²) in [5.74, 6) is 0. The first-order valence-corrected chi connectivity index (χ1v) is 19.6. The maximum Gasteiger partial charge on any atom is 0.0542 e. The van der Waals surface area contributed by atoms with Crippen LogP contribution < -0.4 is 0 Å². The fraction of sp³-hybridized carbons (Fsp3) is 0.476. The second-order valence-electron chi connectivity index (χ2n) is 13.3. The highest BCUT2D eigenvalue weighted by Gasteiger charge is 2.16. The highest BCUT2D eigenvalue weighted by molar-refractivity contribution is 7.37. The Hall–Kier alpha value is -2.42. The van der Waals surface area contributed by atoms with Crippen LogP contribution >= 0.6 is 22.7 Å². The topological polar surface area (TPSA) is 0 Å². The van der Waals surface area contributed by atoms with E-state index in [-0.39, 0.29) is 0 Å². The standard InChI is InChI=1S/C42H52S2/c1-3-5-7-9-11-13-15-17-19-31-21-25-35-33(29-31)23-27-37-39(35)43-42-38-28-24-34-30-32(20-18-16-14-12-10-8-6-4-2)22-26-36(34)40(38)44-41(37)42/h21-30H,3-20H2,1-2H3. The van der Waals surface area contributed by atoms with E-state index in [0.29, 0.717) is 0 Å². The summed E-state index contributed by atoms with van der Waals surface area (Å²) in [5, 5.41) is 8.54.